The zero-order chi connectivity index (χ0) is 12.2. The van der Waals surface area contributed by atoms with Gasteiger partial charge in [-0.25, -0.2) is 4.72 Å². The summed E-state index contributed by atoms with van der Waals surface area (Å²) in [6.07, 6.45) is 0.647. The molecule has 1 amide bonds. The fraction of sp³-hybridized carbons (Fsp3) is 0.889. The average molecular weight is 249 g/mol. The first-order valence-corrected chi connectivity index (χ1v) is 6.87. The highest BCUT2D eigenvalue weighted by Crippen LogP contribution is 2.03. The lowest BCUT2D eigenvalue weighted by Crippen LogP contribution is -2.44. The molecule has 0 spiro atoms. The maximum absolute atomic E-state index is 11.8. The molecule has 0 aromatic rings. The van der Waals surface area contributed by atoms with Gasteiger partial charge in [0.2, 0.25) is 5.91 Å². The van der Waals surface area contributed by atoms with Crippen LogP contribution in [0.2, 0.25) is 0 Å². The molecule has 2 N–H and O–H groups in total. The molecule has 1 aliphatic rings. The summed E-state index contributed by atoms with van der Waals surface area (Å²) >= 11 is 0. The summed E-state index contributed by atoms with van der Waals surface area (Å²) in [4.78, 5) is 11.2. The standard InChI is InChI=1S/C9H19N3O3S/c1-8(2)6-11-16(14,15)12-5-3-4-10-9(13)7-12/h8,11H,3-7H2,1-2H3,(H,10,13). The van der Waals surface area contributed by atoms with Gasteiger partial charge >= 0.3 is 0 Å². The fourth-order valence-corrected chi connectivity index (χ4v) is 2.73. The Labute approximate surface area is 96.6 Å². The second-order valence-electron chi connectivity index (χ2n) is 4.28. The summed E-state index contributed by atoms with van der Waals surface area (Å²) in [5.41, 5.74) is 0. The van der Waals surface area contributed by atoms with Crippen LogP contribution >= 0.6 is 0 Å². The van der Waals surface area contributed by atoms with E-state index in [1.165, 1.54) is 4.31 Å². The maximum Gasteiger partial charge on any atom is 0.279 e. The van der Waals surface area contributed by atoms with Gasteiger partial charge in [-0.2, -0.15) is 12.7 Å². The summed E-state index contributed by atoms with van der Waals surface area (Å²) < 4.78 is 27.3. The van der Waals surface area contributed by atoms with Crippen molar-refractivity contribution in [3.8, 4) is 0 Å². The Morgan fingerprint density at radius 1 is 1.50 bits per heavy atom. The lowest BCUT2D eigenvalue weighted by Gasteiger charge is -2.19. The number of carbonyl (C=O) groups is 1. The van der Waals surface area contributed by atoms with Gasteiger partial charge in [0, 0.05) is 19.6 Å². The van der Waals surface area contributed by atoms with Crippen molar-refractivity contribution in [3.05, 3.63) is 0 Å². The van der Waals surface area contributed by atoms with E-state index in [1.807, 2.05) is 13.8 Å². The van der Waals surface area contributed by atoms with Crippen LogP contribution in [0.25, 0.3) is 0 Å². The lowest BCUT2D eigenvalue weighted by atomic mass is 10.2. The van der Waals surface area contributed by atoms with Gasteiger partial charge in [0.25, 0.3) is 10.2 Å². The van der Waals surface area contributed by atoms with Crippen molar-refractivity contribution in [1.29, 1.82) is 0 Å². The van der Waals surface area contributed by atoms with Gasteiger partial charge < -0.3 is 5.32 Å². The van der Waals surface area contributed by atoms with Crippen LogP contribution in [0.15, 0.2) is 0 Å². The minimum atomic E-state index is -3.51. The van der Waals surface area contributed by atoms with Gasteiger partial charge in [0.05, 0.1) is 6.54 Å². The van der Waals surface area contributed by atoms with E-state index in [4.69, 9.17) is 0 Å². The van der Waals surface area contributed by atoms with Crippen molar-refractivity contribution in [2.24, 2.45) is 5.92 Å². The van der Waals surface area contributed by atoms with Crippen molar-refractivity contribution in [2.75, 3.05) is 26.2 Å². The van der Waals surface area contributed by atoms with Crippen LogP contribution in [-0.2, 0) is 15.0 Å². The molecule has 0 unspecified atom stereocenters. The van der Waals surface area contributed by atoms with Gasteiger partial charge in [0.1, 0.15) is 0 Å². The number of hydrogen-bond donors (Lipinski definition) is 2. The molecular formula is C9H19N3O3S. The minimum Gasteiger partial charge on any atom is -0.355 e. The molecule has 1 aliphatic heterocycles. The predicted octanol–water partition coefficient (Wildman–Crippen LogP) is -0.701. The van der Waals surface area contributed by atoms with Gasteiger partial charge in [-0.3, -0.25) is 4.79 Å². The number of nitrogens with zero attached hydrogens (tertiary/aromatic N) is 1. The first kappa shape index (κ1) is 13.4. The molecule has 1 rings (SSSR count). The predicted molar refractivity (Wildman–Crippen MR) is 61.0 cm³/mol. The Kier molecular flexibility index (Phi) is 4.69. The summed E-state index contributed by atoms with van der Waals surface area (Å²) in [6.45, 7) is 5.07. The largest absolute Gasteiger partial charge is 0.355 e. The highest BCUT2D eigenvalue weighted by Gasteiger charge is 2.25. The molecule has 0 bridgehead atoms. The van der Waals surface area contributed by atoms with Crippen LogP contribution in [0, 0.1) is 5.92 Å². The fourth-order valence-electron chi connectivity index (χ4n) is 1.35. The number of nitrogens with one attached hydrogen (secondary N) is 2. The zero-order valence-corrected chi connectivity index (χ0v) is 10.5. The molecule has 0 radical (unpaired) electrons. The number of carbonyl (C=O) groups excluding carboxylic acids is 1. The molecule has 0 atom stereocenters. The molecule has 1 saturated heterocycles. The number of amides is 1. The monoisotopic (exact) mass is 249 g/mol. The van der Waals surface area contributed by atoms with Crippen LogP contribution in [0.3, 0.4) is 0 Å². The first-order chi connectivity index (χ1) is 7.42. The molecular weight excluding hydrogens is 230 g/mol. The molecule has 0 aliphatic carbocycles. The van der Waals surface area contributed by atoms with E-state index in [2.05, 4.69) is 10.0 Å². The molecule has 0 aromatic carbocycles. The second-order valence-corrected chi connectivity index (χ2v) is 6.04. The topological polar surface area (TPSA) is 78.5 Å². The third-order valence-corrected chi connectivity index (χ3v) is 3.76. The van der Waals surface area contributed by atoms with Crippen LogP contribution in [0.5, 0.6) is 0 Å². The normalized spacial score (nSPS) is 19.6. The Morgan fingerprint density at radius 3 is 2.81 bits per heavy atom. The molecule has 6 nitrogen and oxygen atoms in total. The Hall–Kier alpha value is -0.660. The van der Waals surface area contributed by atoms with E-state index in [0.717, 1.165) is 0 Å². The SMILES string of the molecule is CC(C)CNS(=O)(=O)N1CCCNC(=O)C1. The average Bonchev–Trinajstić information content (AvgIpc) is 2.40. The summed E-state index contributed by atoms with van der Waals surface area (Å²) in [6, 6.07) is 0. The summed E-state index contributed by atoms with van der Waals surface area (Å²) in [5.74, 6) is 0.00278. The third-order valence-electron chi connectivity index (χ3n) is 2.24. The van der Waals surface area contributed by atoms with E-state index < -0.39 is 10.2 Å². The number of hydrogen-bond acceptors (Lipinski definition) is 3. The van der Waals surface area contributed by atoms with Crippen LogP contribution < -0.4 is 10.0 Å². The highest BCUT2D eigenvalue weighted by molar-refractivity contribution is 7.87. The van der Waals surface area contributed by atoms with E-state index in [0.29, 0.717) is 26.1 Å². The summed E-state index contributed by atoms with van der Waals surface area (Å²) in [5, 5.41) is 2.64. The summed E-state index contributed by atoms with van der Waals surface area (Å²) in [7, 11) is -3.51. The van der Waals surface area contributed by atoms with Gasteiger partial charge in [-0.1, -0.05) is 13.8 Å². The van der Waals surface area contributed by atoms with Gasteiger partial charge in [-0.05, 0) is 12.3 Å². The quantitative estimate of drug-likeness (QED) is 0.691. The molecule has 1 heterocycles. The van der Waals surface area contributed by atoms with Crippen molar-refractivity contribution in [3.63, 3.8) is 0 Å². The van der Waals surface area contributed by atoms with E-state index >= 15 is 0 Å². The highest BCUT2D eigenvalue weighted by atomic mass is 32.2. The van der Waals surface area contributed by atoms with Gasteiger partial charge in [-0.15, -0.1) is 0 Å². The Morgan fingerprint density at radius 2 is 2.19 bits per heavy atom. The Bertz CT molecular complexity index is 340. The second kappa shape index (κ2) is 5.60. The van der Waals surface area contributed by atoms with Crippen LogP contribution in [0.4, 0.5) is 0 Å². The molecule has 16 heavy (non-hydrogen) atoms. The zero-order valence-electron chi connectivity index (χ0n) is 9.69. The third kappa shape index (κ3) is 4.07. The molecule has 7 heteroatoms. The first-order valence-electron chi connectivity index (χ1n) is 5.43. The number of rotatable bonds is 4. The van der Waals surface area contributed by atoms with Crippen molar-refractivity contribution < 1.29 is 13.2 Å². The van der Waals surface area contributed by atoms with Crippen LogP contribution in [0.1, 0.15) is 20.3 Å². The van der Waals surface area contributed by atoms with E-state index in [-0.39, 0.29) is 18.4 Å². The maximum atomic E-state index is 11.8. The molecule has 1 fully saturated rings. The van der Waals surface area contributed by atoms with Gasteiger partial charge in [0.15, 0.2) is 0 Å². The Balaban J connectivity index is 2.62. The van der Waals surface area contributed by atoms with Crippen molar-refractivity contribution in [1.82, 2.24) is 14.3 Å². The van der Waals surface area contributed by atoms with Crippen molar-refractivity contribution >= 4 is 16.1 Å². The van der Waals surface area contributed by atoms with E-state index in [1.54, 1.807) is 0 Å². The van der Waals surface area contributed by atoms with E-state index in [9.17, 15) is 13.2 Å². The lowest BCUT2D eigenvalue weighted by molar-refractivity contribution is -0.120. The minimum absolute atomic E-state index is 0.0899. The molecule has 94 valence electrons. The molecule has 0 saturated carbocycles. The van der Waals surface area contributed by atoms with Crippen LogP contribution in [-0.4, -0.2) is 44.8 Å². The van der Waals surface area contributed by atoms with Crippen molar-refractivity contribution in [2.45, 2.75) is 20.3 Å². The smallest absolute Gasteiger partial charge is 0.279 e. The molecule has 0 aromatic heterocycles.